The van der Waals surface area contributed by atoms with E-state index < -0.39 is 0 Å². The molecule has 0 aliphatic carbocycles. The van der Waals surface area contributed by atoms with Gasteiger partial charge in [0, 0.05) is 23.2 Å². The number of rotatable bonds is 3. The van der Waals surface area contributed by atoms with E-state index in [0.29, 0.717) is 0 Å². The predicted molar refractivity (Wildman–Crippen MR) is 85.9 cm³/mol. The topological polar surface area (TPSA) is 29.3 Å². The molecule has 0 spiro atoms. The van der Waals surface area contributed by atoms with Crippen molar-refractivity contribution >= 4 is 33.0 Å². The zero-order chi connectivity index (χ0) is 14.3. The van der Waals surface area contributed by atoms with E-state index in [4.69, 9.17) is 5.73 Å². The van der Waals surface area contributed by atoms with Crippen LogP contribution in [0.2, 0.25) is 0 Å². The molecule has 2 nitrogen and oxygen atoms in total. The smallest absolute Gasteiger partial charge is 0.125 e. The summed E-state index contributed by atoms with van der Waals surface area (Å²) in [6, 6.07) is 9.25. The summed E-state index contributed by atoms with van der Waals surface area (Å²) in [6.45, 7) is 2.90. The van der Waals surface area contributed by atoms with Crippen LogP contribution in [0.4, 0.5) is 10.1 Å². The minimum absolute atomic E-state index is 0.0187. The van der Waals surface area contributed by atoms with Gasteiger partial charge in [0.25, 0.3) is 0 Å². The molecule has 1 aliphatic rings. The van der Waals surface area contributed by atoms with Crippen LogP contribution in [0.3, 0.4) is 0 Å². The van der Waals surface area contributed by atoms with E-state index >= 15 is 0 Å². The Morgan fingerprint density at radius 3 is 2.80 bits per heavy atom. The van der Waals surface area contributed by atoms with Crippen LogP contribution in [0.1, 0.15) is 23.4 Å². The SMILES string of the molecule is CC(N)C(c1ccc(Br)s1)N1CCc2ccc(F)cc21. The van der Waals surface area contributed by atoms with Crippen molar-refractivity contribution in [2.75, 3.05) is 11.4 Å². The number of hydrogen-bond donors (Lipinski definition) is 1. The number of halogens is 2. The highest BCUT2D eigenvalue weighted by molar-refractivity contribution is 9.11. The molecular formula is C15H16BrFN2S. The lowest BCUT2D eigenvalue weighted by atomic mass is 10.1. The monoisotopic (exact) mass is 354 g/mol. The Bertz CT molecular complexity index is 626. The highest BCUT2D eigenvalue weighted by atomic mass is 79.9. The quantitative estimate of drug-likeness (QED) is 0.898. The zero-order valence-corrected chi connectivity index (χ0v) is 13.5. The third-order valence-corrected chi connectivity index (χ3v) is 5.39. The van der Waals surface area contributed by atoms with Crippen molar-refractivity contribution in [2.45, 2.75) is 25.4 Å². The van der Waals surface area contributed by atoms with Crippen molar-refractivity contribution in [2.24, 2.45) is 5.73 Å². The molecule has 2 atom stereocenters. The zero-order valence-electron chi connectivity index (χ0n) is 11.1. The Hall–Kier alpha value is -0.910. The Morgan fingerprint density at radius 1 is 1.35 bits per heavy atom. The van der Waals surface area contributed by atoms with Gasteiger partial charge in [-0.1, -0.05) is 6.07 Å². The second-order valence-electron chi connectivity index (χ2n) is 5.16. The average molecular weight is 355 g/mol. The largest absolute Gasteiger partial charge is 0.361 e. The number of hydrogen-bond acceptors (Lipinski definition) is 3. The van der Waals surface area contributed by atoms with Gasteiger partial charge in [0.1, 0.15) is 5.82 Å². The van der Waals surface area contributed by atoms with E-state index in [9.17, 15) is 4.39 Å². The average Bonchev–Trinajstić information content (AvgIpc) is 2.97. The van der Waals surface area contributed by atoms with Crippen molar-refractivity contribution in [3.63, 3.8) is 0 Å². The summed E-state index contributed by atoms with van der Waals surface area (Å²) < 4.78 is 14.6. The normalized spacial score (nSPS) is 17.1. The van der Waals surface area contributed by atoms with Gasteiger partial charge in [-0.2, -0.15) is 0 Å². The summed E-state index contributed by atoms with van der Waals surface area (Å²) in [6.07, 6.45) is 0.950. The molecule has 3 rings (SSSR count). The minimum atomic E-state index is -0.188. The standard InChI is InChI=1S/C15H16BrFN2S/c1-9(18)15(13-4-5-14(16)20-13)19-7-6-10-2-3-11(17)8-12(10)19/h2-5,8-9,15H,6-7,18H2,1H3. The molecule has 0 bridgehead atoms. The minimum Gasteiger partial charge on any atom is -0.361 e. The molecule has 5 heteroatoms. The first-order valence-electron chi connectivity index (χ1n) is 6.62. The Morgan fingerprint density at radius 2 is 2.15 bits per heavy atom. The number of nitrogens with zero attached hydrogens (tertiary/aromatic N) is 1. The highest BCUT2D eigenvalue weighted by Gasteiger charge is 2.30. The van der Waals surface area contributed by atoms with Crippen LogP contribution in [0.5, 0.6) is 0 Å². The molecule has 2 unspecified atom stereocenters. The molecule has 2 N–H and O–H groups in total. The molecule has 106 valence electrons. The van der Waals surface area contributed by atoms with Crippen molar-refractivity contribution in [1.29, 1.82) is 0 Å². The number of thiophene rings is 1. The van der Waals surface area contributed by atoms with Gasteiger partial charge in [0.15, 0.2) is 0 Å². The Kier molecular flexibility index (Phi) is 3.84. The van der Waals surface area contributed by atoms with Crippen molar-refractivity contribution in [1.82, 2.24) is 0 Å². The van der Waals surface area contributed by atoms with Crippen LogP contribution in [-0.2, 0) is 6.42 Å². The van der Waals surface area contributed by atoms with E-state index in [1.807, 2.05) is 19.1 Å². The molecule has 0 saturated carbocycles. The molecule has 1 aliphatic heterocycles. The van der Waals surface area contributed by atoms with Crippen LogP contribution in [-0.4, -0.2) is 12.6 Å². The number of anilines is 1. The van der Waals surface area contributed by atoms with Crippen LogP contribution in [0.25, 0.3) is 0 Å². The van der Waals surface area contributed by atoms with Gasteiger partial charge >= 0.3 is 0 Å². The molecule has 20 heavy (non-hydrogen) atoms. The molecule has 2 heterocycles. The summed E-state index contributed by atoms with van der Waals surface area (Å²) in [5.74, 6) is -0.188. The second kappa shape index (κ2) is 5.47. The van der Waals surface area contributed by atoms with E-state index in [2.05, 4.69) is 26.9 Å². The first kappa shape index (κ1) is 14.0. The van der Waals surface area contributed by atoms with E-state index in [1.54, 1.807) is 17.4 Å². The number of fused-ring (bicyclic) bond motifs is 1. The summed E-state index contributed by atoms with van der Waals surface area (Å²) in [5.41, 5.74) is 8.39. The Labute approximate surface area is 130 Å². The molecule has 1 aromatic heterocycles. The highest BCUT2D eigenvalue weighted by Crippen LogP contribution is 2.39. The molecule has 2 aromatic rings. The second-order valence-corrected chi connectivity index (χ2v) is 7.66. The van der Waals surface area contributed by atoms with Gasteiger partial charge in [-0.15, -0.1) is 11.3 Å². The lowest BCUT2D eigenvalue weighted by Gasteiger charge is -2.32. The van der Waals surface area contributed by atoms with E-state index in [-0.39, 0.29) is 17.9 Å². The molecule has 0 saturated heterocycles. The summed E-state index contributed by atoms with van der Waals surface area (Å²) >= 11 is 5.19. The lowest BCUT2D eigenvalue weighted by Crippen LogP contribution is -2.38. The van der Waals surface area contributed by atoms with Crippen LogP contribution in [0.15, 0.2) is 34.1 Å². The summed E-state index contributed by atoms with van der Waals surface area (Å²) in [7, 11) is 0. The number of nitrogens with two attached hydrogens (primary N) is 1. The predicted octanol–water partition coefficient (Wildman–Crippen LogP) is 4.10. The van der Waals surface area contributed by atoms with Gasteiger partial charge in [0.05, 0.1) is 9.83 Å². The fraction of sp³-hybridized carbons (Fsp3) is 0.333. The van der Waals surface area contributed by atoms with E-state index in [0.717, 1.165) is 22.4 Å². The third-order valence-electron chi connectivity index (χ3n) is 3.70. The fourth-order valence-electron chi connectivity index (χ4n) is 2.85. The molecule has 0 amide bonds. The number of benzene rings is 1. The van der Waals surface area contributed by atoms with Gasteiger partial charge in [-0.3, -0.25) is 0 Å². The maximum absolute atomic E-state index is 13.5. The maximum Gasteiger partial charge on any atom is 0.125 e. The third kappa shape index (κ3) is 2.50. The van der Waals surface area contributed by atoms with Crippen LogP contribution < -0.4 is 10.6 Å². The van der Waals surface area contributed by atoms with Crippen LogP contribution in [0, 0.1) is 5.82 Å². The molecule has 0 fully saturated rings. The van der Waals surface area contributed by atoms with Gasteiger partial charge in [0.2, 0.25) is 0 Å². The first-order chi connectivity index (χ1) is 9.56. The van der Waals surface area contributed by atoms with Crippen molar-refractivity contribution in [3.8, 4) is 0 Å². The van der Waals surface area contributed by atoms with Gasteiger partial charge < -0.3 is 10.6 Å². The van der Waals surface area contributed by atoms with Crippen molar-refractivity contribution in [3.05, 3.63) is 50.4 Å². The van der Waals surface area contributed by atoms with Crippen molar-refractivity contribution < 1.29 is 4.39 Å². The summed E-state index contributed by atoms with van der Waals surface area (Å²) in [4.78, 5) is 3.45. The molecule has 0 radical (unpaired) electrons. The lowest BCUT2D eigenvalue weighted by molar-refractivity contribution is 0.548. The maximum atomic E-state index is 13.5. The van der Waals surface area contributed by atoms with Gasteiger partial charge in [-0.25, -0.2) is 4.39 Å². The first-order valence-corrected chi connectivity index (χ1v) is 8.23. The van der Waals surface area contributed by atoms with E-state index in [1.165, 1.54) is 16.5 Å². The molecular weight excluding hydrogens is 339 g/mol. The van der Waals surface area contributed by atoms with Gasteiger partial charge in [-0.05, 0) is 59.1 Å². The molecule has 1 aromatic carbocycles. The van der Waals surface area contributed by atoms with Crippen LogP contribution >= 0.6 is 27.3 Å². The Balaban J connectivity index is 2.01. The summed E-state index contributed by atoms with van der Waals surface area (Å²) in [5, 5.41) is 0. The fourth-order valence-corrected chi connectivity index (χ4v) is 4.50.